The molecule has 0 fully saturated rings. The quantitative estimate of drug-likeness (QED) is 0.681. The zero-order valence-corrected chi connectivity index (χ0v) is 12.8. The zero-order valence-electron chi connectivity index (χ0n) is 12.8. The number of hydrogen-bond donors (Lipinski definition) is 1. The molecular weight excluding hydrogens is 278 g/mol. The molecule has 114 valence electrons. The molecule has 22 heavy (non-hydrogen) atoms. The summed E-state index contributed by atoms with van der Waals surface area (Å²) in [5, 5.41) is 2.58. The molecule has 0 aliphatic carbocycles. The number of carbonyl (C=O) groups excluding carboxylic acids is 2. The van der Waals surface area contributed by atoms with Gasteiger partial charge in [-0.05, 0) is 42.7 Å². The molecule has 0 aliphatic rings. The van der Waals surface area contributed by atoms with Gasteiger partial charge in [0.25, 0.3) is 0 Å². The van der Waals surface area contributed by atoms with E-state index in [9.17, 15) is 9.59 Å². The van der Waals surface area contributed by atoms with Crippen molar-refractivity contribution >= 4 is 11.9 Å². The molecule has 0 heterocycles. The summed E-state index contributed by atoms with van der Waals surface area (Å²) < 4.78 is 5.17. The van der Waals surface area contributed by atoms with Crippen molar-refractivity contribution in [3.63, 3.8) is 0 Å². The van der Waals surface area contributed by atoms with Gasteiger partial charge in [0.2, 0.25) is 5.91 Å². The molecule has 2 aromatic carbocycles. The van der Waals surface area contributed by atoms with Crippen LogP contribution in [0.2, 0.25) is 0 Å². The third-order valence-corrected chi connectivity index (χ3v) is 3.26. The Labute approximate surface area is 130 Å². The van der Waals surface area contributed by atoms with E-state index in [-0.39, 0.29) is 18.9 Å². The van der Waals surface area contributed by atoms with Crippen LogP contribution in [0.15, 0.2) is 48.5 Å². The zero-order chi connectivity index (χ0) is 15.9. The van der Waals surface area contributed by atoms with Gasteiger partial charge in [-0.3, -0.25) is 4.79 Å². The monoisotopic (exact) mass is 297 g/mol. The van der Waals surface area contributed by atoms with Gasteiger partial charge in [-0.2, -0.15) is 0 Å². The van der Waals surface area contributed by atoms with Gasteiger partial charge in [0.15, 0.2) is 0 Å². The summed E-state index contributed by atoms with van der Waals surface area (Å²) in [6, 6.07) is 14.9. The summed E-state index contributed by atoms with van der Waals surface area (Å²) in [6.07, 6.45) is 0.254. The molecule has 4 heteroatoms. The molecule has 4 nitrogen and oxygen atoms in total. The van der Waals surface area contributed by atoms with Crippen LogP contribution in [0.1, 0.15) is 16.7 Å². The normalized spacial score (nSPS) is 10.1. The smallest absolute Gasteiger partial charge is 0.330 e. The van der Waals surface area contributed by atoms with Crippen LogP contribution < -0.4 is 10.1 Å². The topological polar surface area (TPSA) is 55.4 Å². The average molecular weight is 297 g/mol. The Morgan fingerprint density at radius 2 is 1.82 bits per heavy atom. The highest BCUT2D eigenvalue weighted by Gasteiger charge is 2.09. The summed E-state index contributed by atoms with van der Waals surface area (Å²) in [4.78, 5) is 23.6. The van der Waals surface area contributed by atoms with Gasteiger partial charge in [-0.1, -0.05) is 36.4 Å². The Bertz CT molecular complexity index is 680. The Morgan fingerprint density at radius 1 is 1.05 bits per heavy atom. The molecule has 0 radical (unpaired) electrons. The highest BCUT2D eigenvalue weighted by Crippen LogP contribution is 2.12. The molecule has 1 amide bonds. The fourth-order valence-electron chi connectivity index (χ4n) is 2.06. The van der Waals surface area contributed by atoms with Crippen LogP contribution in [0.5, 0.6) is 5.75 Å². The fraction of sp³-hybridized carbons (Fsp3) is 0.222. The van der Waals surface area contributed by atoms with Gasteiger partial charge in [0, 0.05) is 0 Å². The Hall–Kier alpha value is -2.62. The first kappa shape index (κ1) is 15.8. The molecule has 0 atom stereocenters. The lowest BCUT2D eigenvalue weighted by Gasteiger charge is -2.08. The summed E-state index contributed by atoms with van der Waals surface area (Å²) in [5.74, 6) is -0.197. The highest BCUT2D eigenvalue weighted by molar-refractivity contribution is 5.84. The molecule has 1 N–H and O–H groups in total. The van der Waals surface area contributed by atoms with E-state index in [1.54, 1.807) is 12.1 Å². The van der Waals surface area contributed by atoms with Crippen LogP contribution in [-0.2, 0) is 16.0 Å². The first-order valence-corrected chi connectivity index (χ1v) is 7.13. The maximum absolute atomic E-state index is 11.9. The SMILES string of the molecule is Cc1cccc(OC(=O)CNC(=O)Cc2ccccc2C)c1. The number of benzene rings is 2. The highest BCUT2D eigenvalue weighted by atomic mass is 16.5. The van der Waals surface area contributed by atoms with Crippen molar-refractivity contribution in [3.8, 4) is 5.75 Å². The van der Waals surface area contributed by atoms with Gasteiger partial charge in [0.05, 0.1) is 6.42 Å². The maximum Gasteiger partial charge on any atom is 0.330 e. The number of carbonyl (C=O) groups is 2. The van der Waals surface area contributed by atoms with E-state index in [0.717, 1.165) is 16.7 Å². The van der Waals surface area contributed by atoms with E-state index in [2.05, 4.69) is 5.32 Å². The number of ether oxygens (including phenoxy) is 1. The number of amides is 1. The van der Waals surface area contributed by atoms with Gasteiger partial charge in [-0.25, -0.2) is 4.79 Å². The van der Waals surface area contributed by atoms with E-state index in [1.807, 2.05) is 50.2 Å². The second kappa shape index (κ2) is 7.41. The van der Waals surface area contributed by atoms with E-state index < -0.39 is 5.97 Å². The standard InChI is InChI=1S/C18H19NO3/c1-13-6-5-9-16(10-13)22-18(21)12-19-17(20)11-15-8-4-3-7-14(15)2/h3-10H,11-12H2,1-2H3,(H,19,20). The van der Waals surface area contributed by atoms with Gasteiger partial charge in [0.1, 0.15) is 12.3 Å². The van der Waals surface area contributed by atoms with E-state index in [0.29, 0.717) is 5.75 Å². The molecule has 0 bridgehead atoms. The summed E-state index contributed by atoms with van der Waals surface area (Å²) in [7, 11) is 0. The molecule has 0 spiro atoms. The first-order valence-electron chi connectivity index (χ1n) is 7.13. The second-order valence-corrected chi connectivity index (χ2v) is 5.17. The summed E-state index contributed by atoms with van der Waals surface area (Å²) in [6.45, 7) is 3.73. The lowest BCUT2D eigenvalue weighted by molar-refractivity contribution is -0.135. The molecular formula is C18H19NO3. The molecule has 0 saturated heterocycles. The molecule has 0 aromatic heterocycles. The number of nitrogens with one attached hydrogen (secondary N) is 1. The third-order valence-electron chi connectivity index (χ3n) is 3.26. The Kier molecular flexibility index (Phi) is 5.31. The largest absolute Gasteiger partial charge is 0.425 e. The fourth-order valence-corrected chi connectivity index (χ4v) is 2.06. The van der Waals surface area contributed by atoms with Crippen molar-refractivity contribution in [1.82, 2.24) is 5.32 Å². The summed E-state index contributed by atoms with van der Waals surface area (Å²) in [5.41, 5.74) is 3.01. The Morgan fingerprint density at radius 3 is 2.55 bits per heavy atom. The van der Waals surface area contributed by atoms with Crippen LogP contribution in [0.4, 0.5) is 0 Å². The lowest BCUT2D eigenvalue weighted by Crippen LogP contribution is -2.33. The van der Waals surface area contributed by atoms with Crippen molar-refractivity contribution in [2.24, 2.45) is 0 Å². The van der Waals surface area contributed by atoms with Crippen molar-refractivity contribution in [1.29, 1.82) is 0 Å². The predicted molar refractivity (Wildman–Crippen MR) is 84.7 cm³/mol. The minimum Gasteiger partial charge on any atom is -0.425 e. The van der Waals surface area contributed by atoms with Crippen LogP contribution in [0, 0.1) is 13.8 Å². The van der Waals surface area contributed by atoms with E-state index in [1.165, 1.54) is 0 Å². The minimum atomic E-state index is -0.483. The van der Waals surface area contributed by atoms with Crippen molar-refractivity contribution in [2.75, 3.05) is 6.54 Å². The molecule has 0 saturated carbocycles. The first-order chi connectivity index (χ1) is 10.5. The van der Waals surface area contributed by atoms with Crippen molar-refractivity contribution < 1.29 is 14.3 Å². The van der Waals surface area contributed by atoms with Crippen LogP contribution in [-0.4, -0.2) is 18.4 Å². The lowest BCUT2D eigenvalue weighted by atomic mass is 10.1. The van der Waals surface area contributed by atoms with E-state index in [4.69, 9.17) is 4.74 Å². The summed E-state index contributed by atoms with van der Waals surface area (Å²) >= 11 is 0. The number of aryl methyl sites for hydroxylation is 2. The van der Waals surface area contributed by atoms with Crippen LogP contribution in [0.25, 0.3) is 0 Å². The van der Waals surface area contributed by atoms with Gasteiger partial charge < -0.3 is 10.1 Å². The predicted octanol–water partition coefficient (Wildman–Crippen LogP) is 2.57. The van der Waals surface area contributed by atoms with E-state index >= 15 is 0 Å². The van der Waals surface area contributed by atoms with Gasteiger partial charge >= 0.3 is 5.97 Å². The van der Waals surface area contributed by atoms with Crippen molar-refractivity contribution in [3.05, 3.63) is 65.2 Å². The second-order valence-electron chi connectivity index (χ2n) is 5.17. The van der Waals surface area contributed by atoms with Crippen LogP contribution >= 0.6 is 0 Å². The third kappa shape index (κ3) is 4.74. The average Bonchev–Trinajstić information content (AvgIpc) is 2.48. The maximum atomic E-state index is 11.9. The van der Waals surface area contributed by atoms with Gasteiger partial charge in [-0.15, -0.1) is 0 Å². The molecule has 2 aromatic rings. The number of hydrogen-bond acceptors (Lipinski definition) is 3. The molecule has 0 unspecified atom stereocenters. The van der Waals surface area contributed by atoms with Crippen molar-refractivity contribution in [2.45, 2.75) is 20.3 Å². The number of rotatable bonds is 5. The Balaban J connectivity index is 1.81. The molecule has 2 rings (SSSR count). The minimum absolute atomic E-state index is 0.140. The number of esters is 1. The van der Waals surface area contributed by atoms with Crippen LogP contribution in [0.3, 0.4) is 0 Å². The molecule has 0 aliphatic heterocycles.